The molecule has 7 heteroatoms. The van der Waals surface area contributed by atoms with Crippen LogP contribution in [0.2, 0.25) is 0 Å². The minimum Gasteiger partial charge on any atom is -0.340 e. The molecule has 27 heavy (non-hydrogen) atoms. The topological polar surface area (TPSA) is 94.8 Å². The first-order valence-electron chi connectivity index (χ1n) is 8.41. The number of nitrogens with one attached hydrogen (secondary N) is 1. The number of carbonyl (C=O) groups excluding carboxylic acids is 1. The Morgan fingerprint density at radius 3 is 2.70 bits per heavy atom. The van der Waals surface area contributed by atoms with Crippen LogP contribution in [-0.4, -0.2) is 39.4 Å². The molecule has 0 spiro atoms. The van der Waals surface area contributed by atoms with Crippen LogP contribution in [0.3, 0.4) is 0 Å². The monoisotopic (exact) mass is 358 g/mol. The third kappa shape index (κ3) is 4.64. The number of hydrogen-bond donors (Lipinski definition) is 1. The Morgan fingerprint density at radius 2 is 1.93 bits per heavy atom. The Balaban J connectivity index is 1.69. The lowest BCUT2D eigenvalue weighted by Crippen LogP contribution is -2.29. The molecular formula is C20H18N6O. The average molecular weight is 358 g/mol. The molecule has 2 heterocycles. The van der Waals surface area contributed by atoms with Crippen molar-refractivity contribution in [2.45, 2.75) is 6.42 Å². The zero-order valence-electron chi connectivity index (χ0n) is 14.8. The van der Waals surface area contributed by atoms with Crippen LogP contribution in [0, 0.1) is 11.3 Å². The summed E-state index contributed by atoms with van der Waals surface area (Å²) in [5.41, 5.74) is 2.48. The van der Waals surface area contributed by atoms with Gasteiger partial charge in [-0.15, -0.1) is 0 Å². The predicted octanol–water partition coefficient (Wildman–Crippen LogP) is 2.80. The van der Waals surface area contributed by atoms with Gasteiger partial charge >= 0.3 is 0 Å². The van der Waals surface area contributed by atoms with Gasteiger partial charge in [-0.25, -0.2) is 9.97 Å². The molecule has 1 amide bonds. The van der Waals surface area contributed by atoms with Crippen LogP contribution in [0.4, 0.5) is 11.6 Å². The van der Waals surface area contributed by atoms with Crippen molar-refractivity contribution in [1.29, 1.82) is 5.26 Å². The van der Waals surface area contributed by atoms with E-state index in [0.29, 0.717) is 23.5 Å². The van der Waals surface area contributed by atoms with Crippen LogP contribution in [0.25, 0.3) is 0 Å². The number of aromatic nitrogens is 3. The maximum Gasteiger partial charge on any atom is 0.272 e. The molecule has 0 aliphatic carbocycles. The third-order valence-electron chi connectivity index (χ3n) is 4.00. The fraction of sp³-hybridized carbons (Fsp3) is 0.150. The summed E-state index contributed by atoms with van der Waals surface area (Å²) in [5, 5.41) is 12.2. The van der Waals surface area contributed by atoms with E-state index in [1.54, 1.807) is 48.6 Å². The minimum absolute atomic E-state index is 0.192. The second-order valence-electron chi connectivity index (χ2n) is 5.88. The van der Waals surface area contributed by atoms with E-state index in [-0.39, 0.29) is 11.9 Å². The second kappa shape index (κ2) is 8.54. The van der Waals surface area contributed by atoms with Crippen molar-refractivity contribution in [1.82, 2.24) is 19.9 Å². The van der Waals surface area contributed by atoms with Gasteiger partial charge in [-0.1, -0.05) is 12.1 Å². The molecule has 0 atom stereocenters. The quantitative estimate of drug-likeness (QED) is 0.728. The van der Waals surface area contributed by atoms with Gasteiger partial charge in [0.2, 0.25) is 5.95 Å². The van der Waals surface area contributed by atoms with Gasteiger partial charge < -0.3 is 10.2 Å². The summed E-state index contributed by atoms with van der Waals surface area (Å²) < 4.78 is 0. The first kappa shape index (κ1) is 18.0. The molecule has 0 aliphatic rings. The van der Waals surface area contributed by atoms with Crippen LogP contribution >= 0.6 is 0 Å². The van der Waals surface area contributed by atoms with Crippen molar-refractivity contribution in [3.63, 3.8) is 0 Å². The van der Waals surface area contributed by atoms with Crippen molar-refractivity contribution < 1.29 is 4.79 Å². The number of carbonyl (C=O) groups is 1. The van der Waals surface area contributed by atoms with Gasteiger partial charge in [0.15, 0.2) is 0 Å². The number of rotatable bonds is 6. The normalized spacial score (nSPS) is 10.1. The molecule has 3 rings (SSSR count). The van der Waals surface area contributed by atoms with Crippen LogP contribution < -0.4 is 5.32 Å². The number of benzene rings is 1. The second-order valence-corrected chi connectivity index (χ2v) is 5.88. The average Bonchev–Trinajstić information content (AvgIpc) is 2.73. The van der Waals surface area contributed by atoms with Gasteiger partial charge in [0, 0.05) is 32.2 Å². The van der Waals surface area contributed by atoms with Crippen LogP contribution in [0.5, 0.6) is 0 Å². The first-order chi connectivity index (χ1) is 13.2. The molecular weight excluding hydrogens is 340 g/mol. The molecule has 0 aliphatic heterocycles. The predicted molar refractivity (Wildman–Crippen MR) is 101 cm³/mol. The first-order valence-corrected chi connectivity index (χ1v) is 8.41. The number of nitriles is 1. The zero-order chi connectivity index (χ0) is 19.1. The standard InChI is InChI=1S/C20H18N6O/c1-26(13-9-15-6-10-22-11-7-15)19(27)18-8-12-23-20(25-18)24-17-5-3-2-4-16(17)14-21/h2-8,10-12H,9,13H2,1H3,(H,23,24,25). The third-order valence-corrected chi connectivity index (χ3v) is 4.00. The molecule has 0 unspecified atom stereocenters. The van der Waals surface area contributed by atoms with Crippen LogP contribution in [0.15, 0.2) is 61.1 Å². The van der Waals surface area contributed by atoms with E-state index in [0.717, 1.165) is 12.0 Å². The lowest BCUT2D eigenvalue weighted by atomic mass is 10.2. The highest BCUT2D eigenvalue weighted by atomic mass is 16.2. The number of amides is 1. The number of nitrogens with zero attached hydrogens (tertiary/aromatic N) is 5. The number of pyridine rings is 1. The minimum atomic E-state index is -0.192. The highest BCUT2D eigenvalue weighted by molar-refractivity contribution is 5.92. The summed E-state index contributed by atoms with van der Waals surface area (Å²) in [6.45, 7) is 0.562. The van der Waals surface area contributed by atoms with Gasteiger partial charge in [-0.05, 0) is 42.3 Å². The highest BCUT2D eigenvalue weighted by Gasteiger charge is 2.14. The molecule has 0 radical (unpaired) electrons. The van der Waals surface area contributed by atoms with Gasteiger partial charge in [0.25, 0.3) is 5.91 Å². The molecule has 3 aromatic rings. The lowest BCUT2D eigenvalue weighted by Gasteiger charge is -2.17. The summed E-state index contributed by atoms with van der Waals surface area (Å²) in [6, 6.07) is 14.6. The number of hydrogen-bond acceptors (Lipinski definition) is 6. The number of para-hydroxylation sites is 1. The Hall–Kier alpha value is -3.79. The maximum atomic E-state index is 12.6. The van der Waals surface area contributed by atoms with Crippen LogP contribution in [0.1, 0.15) is 21.6 Å². The molecule has 0 bridgehead atoms. The van der Waals surface area contributed by atoms with E-state index in [1.165, 1.54) is 6.20 Å². The molecule has 0 saturated heterocycles. The van der Waals surface area contributed by atoms with E-state index in [4.69, 9.17) is 5.26 Å². The van der Waals surface area contributed by atoms with Crippen molar-refractivity contribution in [2.24, 2.45) is 0 Å². The summed E-state index contributed by atoms with van der Waals surface area (Å²) in [4.78, 5) is 26.7. The van der Waals surface area contributed by atoms with E-state index in [9.17, 15) is 4.79 Å². The van der Waals surface area contributed by atoms with E-state index >= 15 is 0 Å². The molecule has 0 fully saturated rings. The zero-order valence-corrected chi connectivity index (χ0v) is 14.8. The molecule has 134 valence electrons. The Morgan fingerprint density at radius 1 is 1.15 bits per heavy atom. The maximum absolute atomic E-state index is 12.6. The van der Waals surface area contributed by atoms with Crippen molar-refractivity contribution in [3.8, 4) is 6.07 Å². The number of likely N-dealkylation sites (N-methyl/N-ethyl adjacent to an activating group) is 1. The van der Waals surface area contributed by atoms with Gasteiger partial charge in [0.05, 0.1) is 11.3 Å². The molecule has 2 aromatic heterocycles. The van der Waals surface area contributed by atoms with Crippen molar-refractivity contribution in [2.75, 3.05) is 18.9 Å². The van der Waals surface area contributed by atoms with Crippen LogP contribution in [-0.2, 0) is 6.42 Å². The van der Waals surface area contributed by atoms with Gasteiger partial charge in [-0.2, -0.15) is 5.26 Å². The summed E-state index contributed by atoms with van der Waals surface area (Å²) >= 11 is 0. The summed E-state index contributed by atoms with van der Waals surface area (Å²) in [7, 11) is 1.74. The Bertz CT molecular complexity index is 967. The Labute approximate surface area is 157 Å². The SMILES string of the molecule is CN(CCc1ccncc1)C(=O)c1ccnc(Nc2ccccc2C#N)n1. The summed E-state index contributed by atoms with van der Waals surface area (Å²) in [6.07, 6.45) is 5.72. The fourth-order valence-electron chi connectivity index (χ4n) is 2.49. The van der Waals surface area contributed by atoms with Gasteiger partial charge in [-0.3, -0.25) is 9.78 Å². The van der Waals surface area contributed by atoms with Crippen molar-refractivity contribution >= 4 is 17.5 Å². The van der Waals surface area contributed by atoms with Crippen molar-refractivity contribution in [3.05, 3.63) is 77.9 Å². The van der Waals surface area contributed by atoms with E-state index in [2.05, 4.69) is 26.3 Å². The van der Waals surface area contributed by atoms with E-state index in [1.807, 2.05) is 18.2 Å². The lowest BCUT2D eigenvalue weighted by molar-refractivity contribution is 0.0791. The van der Waals surface area contributed by atoms with E-state index < -0.39 is 0 Å². The molecule has 1 aromatic carbocycles. The molecule has 7 nitrogen and oxygen atoms in total. The fourth-order valence-corrected chi connectivity index (χ4v) is 2.49. The van der Waals surface area contributed by atoms with Gasteiger partial charge in [0.1, 0.15) is 11.8 Å². The summed E-state index contributed by atoms with van der Waals surface area (Å²) in [5.74, 6) is 0.0779. The Kier molecular flexibility index (Phi) is 5.70. The molecule has 1 N–H and O–H groups in total. The largest absolute Gasteiger partial charge is 0.340 e. The highest BCUT2D eigenvalue weighted by Crippen LogP contribution is 2.17. The smallest absolute Gasteiger partial charge is 0.272 e. The molecule has 0 saturated carbocycles. The number of anilines is 2.